The van der Waals surface area contributed by atoms with Crippen LogP contribution in [0.15, 0.2) is 64.8 Å². The van der Waals surface area contributed by atoms with Gasteiger partial charge in [0.25, 0.3) is 0 Å². The van der Waals surface area contributed by atoms with Gasteiger partial charge < -0.3 is 0 Å². The first-order valence-corrected chi connectivity index (χ1v) is 8.91. The van der Waals surface area contributed by atoms with E-state index < -0.39 is 0 Å². The van der Waals surface area contributed by atoms with Crippen molar-refractivity contribution in [2.24, 2.45) is 0 Å². The second kappa shape index (κ2) is 6.59. The number of nitriles is 1. The Labute approximate surface area is 151 Å². The molecule has 0 bridgehead atoms. The average molecular weight is 364 g/mol. The van der Waals surface area contributed by atoms with Gasteiger partial charge in [-0.2, -0.15) is 5.26 Å². The standard InChI is InChI=1S/C18H9FN4S2/c19-13-2-1-3-14(7-13)24-16-5-4-11(6-12(16)8-20)17-23-15-9-21-10-22-18(15)25-17/h1-7,9-10H. The van der Waals surface area contributed by atoms with Crippen LogP contribution in [0.1, 0.15) is 5.56 Å². The third-order valence-corrected chi connectivity index (χ3v) is 5.54. The molecule has 4 aromatic rings. The molecule has 7 heteroatoms. The zero-order valence-corrected chi connectivity index (χ0v) is 14.3. The highest BCUT2D eigenvalue weighted by molar-refractivity contribution is 7.99. The molecular formula is C18H9FN4S2. The summed E-state index contributed by atoms with van der Waals surface area (Å²) < 4.78 is 13.3. The van der Waals surface area contributed by atoms with Crippen molar-refractivity contribution in [3.05, 3.63) is 66.4 Å². The van der Waals surface area contributed by atoms with Crippen molar-refractivity contribution in [2.75, 3.05) is 0 Å². The summed E-state index contributed by atoms with van der Waals surface area (Å²) in [5.74, 6) is -0.296. The van der Waals surface area contributed by atoms with Gasteiger partial charge in [-0.15, -0.1) is 0 Å². The van der Waals surface area contributed by atoms with E-state index in [1.165, 1.54) is 41.6 Å². The van der Waals surface area contributed by atoms with Gasteiger partial charge in [0, 0.05) is 15.4 Å². The highest BCUT2D eigenvalue weighted by atomic mass is 32.2. The van der Waals surface area contributed by atoms with E-state index in [9.17, 15) is 9.65 Å². The van der Waals surface area contributed by atoms with E-state index in [1.807, 2.05) is 18.2 Å². The molecule has 2 aromatic heterocycles. The molecule has 0 aliphatic carbocycles. The van der Waals surface area contributed by atoms with Crippen LogP contribution >= 0.6 is 23.1 Å². The molecule has 2 aromatic carbocycles. The summed E-state index contributed by atoms with van der Waals surface area (Å²) in [6.45, 7) is 0. The monoisotopic (exact) mass is 364 g/mol. The van der Waals surface area contributed by atoms with Gasteiger partial charge in [0.15, 0.2) is 0 Å². The number of hydrogen-bond donors (Lipinski definition) is 0. The zero-order chi connectivity index (χ0) is 17.2. The van der Waals surface area contributed by atoms with Crippen molar-refractivity contribution in [3.8, 4) is 16.6 Å². The Balaban J connectivity index is 1.71. The van der Waals surface area contributed by atoms with E-state index in [2.05, 4.69) is 21.0 Å². The topological polar surface area (TPSA) is 62.5 Å². The summed E-state index contributed by atoms with van der Waals surface area (Å²) in [6.07, 6.45) is 3.16. The fourth-order valence-corrected chi connectivity index (χ4v) is 4.11. The number of benzene rings is 2. The lowest BCUT2D eigenvalue weighted by Gasteiger charge is -2.06. The van der Waals surface area contributed by atoms with E-state index in [0.29, 0.717) is 5.56 Å². The number of hydrogen-bond acceptors (Lipinski definition) is 6. The molecule has 0 radical (unpaired) electrons. The maximum atomic E-state index is 13.3. The van der Waals surface area contributed by atoms with Crippen LogP contribution in [0, 0.1) is 17.1 Å². The Morgan fingerprint density at radius 1 is 1.16 bits per heavy atom. The van der Waals surface area contributed by atoms with Gasteiger partial charge in [-0.3, -0.25) is 0 Å². The fraction of sp³-hybridized carbons (Fsp3) is 0. The number of nitrogens with zero attached hydrogens (tertiary/aromatic N) is 4. The van der Waals surface area contributed by atoms with Crippen molar-refractivity contribution in [1.82, 2.24) is 15.0 Å². The molecule has 0 saturated heterocycles. The van der Waals surface area contributed by atoms with Crippen LogP contribution in [0.5, 0.6) is 0 Å². The Kier molecular flexibility index (Phi) is 4.14. The summed E-state index contributed by atoms with van der Waals surface area (Å²) >= 11 is 2.81. The quantitative estimate of drug-likeness (QED) is 0.516. The molecule has 0 fully saturated rings. The molecule has 0 atom stereocenters. The van der Waals surface area contributed by atoms with Crippen molar-refractivity contribution in [3.63, 3.8) is 0 Å². The molecule has 120 valence electrons. The molecule has 0 amide bonds. The van der Waals surface area contributed by atoms with E-state index in [-0.39, 0.29) is 5.82 Å². The minimum Gasteiger partial charge on any atom is -0.242 e. The van der Waals surface area contributed by atoms with Gasteiger partial charge >= 0.3 is 0 Å². The van der Waals surface area contributed by atoms with E-state index >= 15 is 0 Å². The Morgan fingerprint density at radius 3 is 2.88 bits per heavy atom. The van der Waals surface area contributed by atoms with Gasteiger partial charge in [-0.1, -0.05) is 35.2 Å². The first-order chi connectivity index (χ1) is 12.2. The third-order valence-electron chi connectivity index (χ3n) is 3.44. The number of rotatable bonds is 3. The van der Waals surface area contributed by atoms with Crippen LogP contribution < -0.4 is 0 Å². The van der Waals surface area contributed by atoms with Crippen LogP contribution in [0.3, 0.4) is 0 Å². The molecule has 0 saturated carbocycles. The summed E-state index contributed by atoms with van der Waals surface area (Å²) in [4.78, 5) is 15.0. The zero-order valence-electron chi connectivity index (χ0n) is 12.7. The third kappa shape index (κ3) is 3.22. The highest BCUT2D eigenvalue weighted by Crippen LogP contribution is 2.35. The molecule has 2 heterocycles. The number of fused-ring (bicyclic) bond motifs is 1. The van der Waals surface area contributed by atoms with Gasteiger partial charge in [0.1, 0.15) is 33.6 Å². The Bertz CT molecular complexity index is 1080. The van der Waals surface area contributed by atoms with Crippen molar-refractivity contribution in [1.29, 1.82) is 5.26 Å². The van der Waals surface area contributed by atoms with Crippen LogP contribution in [-0.2, 0) is 0 Å². The highest BCUT2D eigenvalue weighted by Gasteiger charge is 2.11. The summed E-state index contributed by atoms with van der Waals surface area (Å²) in [5.41, 5.74) is 2.11. The lowest BCUT2D eigenvalue weighted by atomic mass is 10.1. The second-order valence-corrected chi connectivity index (χ2v) is 7.21. The van der Waals surface area contributed by atoms with E-state index in [4.69, 9.17) is 0 Å². The molecule has 0 N–H and O–H groups in total. The molecule has 0 unspecified atom stereocenters. The second-order valence-electron chi connectivity index (χ2n) is 5.11. The summed E-state index contributed by atoms with van der Waals surface area (Å²) in [5, 5.41) is 10.3. The van der Waals surface area contributed by atoms with Crippen LogP contribution in [0.2, 0.25) is 0 Å². The van der Waals surface area contributed by atoms with Crippen molar-refractivity contribution < 1.29 is 4.39 Å². The first kappa shape index (κ1) is 15.7. The lowest BCUT2D eigenvalue weighted by molar-refractivity contribution is 0.624. The van der Waals surface area contributed by atoms with Gasteiger partial charge in [0.2, 0.25) is 0 Å². The van der Waals surface area contributed by atoms with Gasteiger partial charge in [-0.25, -0.2) is 19.3 Å². The number of aromatic nitrogens is 3. The SMILES string of the molecule is N#Cc1cc(-c2nc3cncnc3s2)ccc1Sc1cccc(F)c1. The Hall–Kier alpha value is -2.82. The van der Waals surface area contributed by atoms with Gasteiger partial charge in [0.05, 0.1) is 11.8 Å². The molecule has 4 rings (SSSR count). The normalized spacial score (nSPS) is 10.7. The van der Waals surface area contributed by atoms with Gasteiger partial charge in [-0.05, 0) is 30.3 Å². The molecule has 0 aliphatic rings. The minimum atomic E-state index is -0.296. The molecule has 0 aliphatic heterocycles. The molecule has 0 spiro atoms. The number of thiazole rings is 1. The largest absolute Gasteiger partial charge is 0.242 e. The summed E-state index contributed by atoms with van der Waals surface area (Å²) in [6, 6.07) is 14.1. The molecular weight excluding hydrogens is 355 g/mol. The predicted octanol–water partition coefficient (Wildman–Crippen LogP) is 4.92. The van der Waals surface area contributed by atoms with Crippen LogP contribution in [-0.4, -0.2) is 15.0 Å². The summed E-state index contributed by atoms with van der Waals surface area (Å²) in [7, 11) is 0. The first-order valence-electron chi connectivity index (χ1n) is 7.27. The molecule has 25 heavy (non-hydrogen) atoms. The lowest BCUT2D eigenvalue weighted by Crippen LogP contribution is -1.85. The maximum absolute atomic E-state index is 13.3. The smallest absolute Gasteiger partial charge is 0.147 e. The van der Waals surface area contributed by atoms with Crippen LogP contribution in [0.4, 0.5) is 4.39 Å². The van der Waals surface area contributed by atoms with Crippen molar-refractivity contribution >= 4 is 33.4 Å². The number of halogens is 1. The maximum Gasteiger partial charge on any atom is 0.147 e. The van der Waals surface area contributed by atoms with E-state index in [0.717, 1.165) is 30.7 Å². The Morgan fingerprint density at radius 2 is 2.08 bits per heavy atom. The van der Waals surface area contributed by atoms with Crippen molar-refractivity contribution in [2.45, 2.75) is 9.79 Å². The average Bonchev–Trinajstić information content (AvgIpc) is 3.06. The minimum absolute atomic E-state index is 0.296. The van der Waals surface area contributed by atoms with Crippen LogP contribution in [0.25, 0.3) is 20.9 Å². The van der Waals surface area contributed by atoms with E-state index in [1.54, 1.807) is 18.3 Å². The molecule has 4 nitrogen and oxygen atoms in total. The predicted molar refractivity (Wildman–Crippen MR) is 95.9 cm³/mol. The fourth-order valence-electron chi connectivity index (χ4n) is 2.31.